The molecule has 0 spiro atoms. The second-order valence-electron chi connectivity index (χ2n) is 5.32. The van der Waals surface area contributed by atoms with Gasteiger partial charge < -0.3 is 9.84 Å². The topological polar surface area (TPSA) is 66.8 Å². The summed E-state index contributed by atoms with van der Waals surface area (Å²) in [6.07, 6.45) is 1.18. The zero-order valence-corrected chi connectivity index (χ0v) is 14.1. The highest BCUT2D eigenvalue weighted by Crippen LogP contribution is 2.29. The van der Waals surface area contributed by atoms with Crippen LogP contribution in [0.4, 0.5) is 0 Å². The summed E-state index contributed by atoms with van der Waals surface area (Å²) >= 11 is 1.62. The summed E-state index contributed by atoms with van der Waals surface area (Å²) in [6, 6.07) is 5.61. The van der Waals surface area contributed by atoms with Gasteiger partial charge in [0, 0.05) is 11.4 Å². The van der Waals surface area contributed by atoms with Gasteiger partial charge in [-0.1, -0.05) is 6.07 Å². The molecule has 21 heavy (non-hydrogen) atoms. The number of aliphatic hydroxyl groups is 1. The summed E-state index contributed by atoms with van der Waals surface area (Å²) in [5, 5.41) is 9.91. The lowest BCUT2D eigenvalue weighted by Gasteiger charge is -2.26. The molecule has 1 heterocycles. The quantitative estimate of drug-likeness (QED) is 0.812. The maximum Gasteiger partial charge on any atom is 0.154 e. The van der Waals surface area contributed by atoms with Crippen LogP contribution in [0.15, 0.2) is 23.1 Å². The number of hydrogen-bond donors (Lipinski definition) is 1. The lowest BCUT2D eigenvalue weighted by molar-refractivity contribution is 0.0957. The van der Waals surface area contributed by atoms with Crippen LogP contribution in [0, 0.1) is 0 Å². The number of rotatable bonds is 5. The Labute approximate surface area is 130 Å². The Bertz CT molecular complexity index is 603. The molecule has 1 aliphatic heterocycles. The monoisotopic (exact) mass is 331 g/mol. The van der Waals surface area contributed by atoms with Gasteiger partial charge in [0.15, 0.2) is 9.84 Å². The van der Waals surface area contributed by atoms with Crippen molar-refractivity contribution < 1.29 is 18.3 Å². The maximum absolute atomic E-state index is 11.6. The van der Waals surface area contributed by atoms with Crippen molar-refractivity contribution in [3.63, 3.8) is 0 Å². The molecule has 0 amide bonds. The van der Waals surface area contributed by atoms with Gasteiger partial charge in [-0.3, -0.25) is 4.90 Å². The lowest BCUT2D eigenvalue weighted by Crippen LogP contribution is -2.40. The molecule has 2 rings (SSSR count). The molecule has 1 aromatic rings. The van der Waals surface area contributed by atoms with E-state index in [9.17, 15) is 13.5 Å². The van der Waals surface area contributed by atoms with Crippen molar-refractivity contribution in [1.29, 1.82) is 0 Å². The Kier molecular flexibility index (Phi) is 5.19. The summed E-state index contributed by atoms with van der Waals surface area (Å²) in [5.41, 5.74) is 1.03. The maximum atomic E-state index is 11.6. The first-order valence-corrected chi connectivity index (χ1v) is 9.70. The summed E-state index contributed by atoms with van der Waals surface area (Å²) in [4.78, 5) is 2.95. The smallest absolute Gasteiger partial charge is 0.154 e. The molecular weight excluding hydrogens is 310 g/mol. The first-order chi connectivity index (χ1) is 9.86. The standard InChI is InChI=1S/C14H21NO4S2/c1-15(11-8-21(17,18)9-12(11)16)7-10-4-5-14(20-3)13(6-10)19-2/h4-6,11-12,16H,7-9H2,1-3H3/t11-,12-/m1/s1. The third kappa shape index (κ3) is 3.91. The first kappa shape index (κ1) is 16.6. The third-order valence-electron chi connectivity index (χ3n) is 3.74. The van der Waals surface area contributed by atoms with Gasteiger partial charge in [0.05, 0.1) is 30.8 Å². The zero-order chi connectivity index (χ0) is 15.6. The average Bonchev–Trinajstić information content (AvgIpc) is 2.72. The van der Waals surface area contributed by atoms with Crippen LogP contribution in [-0.4, -0.2) is 62.5 Å². The van der Waals surface area contributed by atoms with Crippen LogP contribution in [0.3, 0.4) is 0 Å². The minimum atomic E-state index is -3.13. The number of ether oxygens (including phenoxy) is 1. The summed E-state index contributed by atoms with van der Waals surface area (Å²) < 4.78 is 28.5. The fraction of sp³-hybridized carbons (Fsp3) is 0.571. The largest absolute Gasteiger partial charge is 0.496 e. The number of thioether (sulfide) groups is 1. The number of likely N-dealkylation sites (N-methyl/N-ethyl adjacent to an activating group) is 1. The number of benzene rings is 1. The van der Waals surface area contributed by atoms with Gasteiger partial charge in [0.2, 0.25) is 0 Å². The number of aliphatic hydroxyl groups excluding tert-OH is 1. The molecule has 2 atom stereocenters. The van der Waals surface area contributed by atoms with E-state index in [1.165, 1.54) is 0 Å². The predicted molar refractivity (Wildman–Crippen MR) is 84.7 cm³/mol. The molecule has 5 nitrogen and oxygen atoms in total. The molecule has 1 aliphatic rings. The molecule has 1 saturated heterocycles. The van der Waals surface area contributed by atoms with E-state index in [1.54, 1.807) is 18.9 Å². The average molecular weight is 331 g/mol. The predicted octanol–water partition coefficient (Wildman–Crippen LogP) is 1.01. The van der Waals surface area contributed by atoms with Crippen molar-refractivity contribution >= 4 is 21.6 Å². The molecule has 1 aromatic carbocycles. The van der Waals surface area contributed by atoms with Gasteiger partial charge in [-0.25, -0.2) is 8.42 Å². The molecular formula is C14H21NO4S2. The number of methoxy groups -OCH3 is 1. The Hall–Kier alpha value is -0.760. The Balaban J connectivity index is 2.11. The second-order valence-corrected chi connectivity index (χ2v) is 8.32. The summed E-state index contributed by atoms with van der Waals surface area (Å²) in [7, 11) is 0.347. The molecule has 7 heteroatoms. The van der Waals surface area contributed by atoms with E-state index in [-0.39, 0.29) is 17.5 Å². The van der Waals surface area contributed by atoms with Crippen LogP contribution in [0.1, 0.15) is 5.56 Å². The molecule has 0 radical (unpaired) electrons. The highest BCUT2D eigenvalue weighted by atomic mass is 32.2. The number of hydrogen-bond acceptors (Lipinski definition) is 6. The van der Waals surface area contributed by atoms with Crippen LogP contribution in [0.2, 0.25) is 0 Å². The van der Waals surface area contributed by atoms with Crippen molar-refractivity contribution in [1.82, 2.24) is 4.90 Å². The first-order valence-electron chi connectivity index (χ1n) is 6.66. The molecule has 1 fully saturated rings. The Morgan fingerprint density at radius 3 is 2.67 bits per heavy atom. The van der Waals surface area contributed by atoms with Crippen LogP contribution in [-0.2, 0) is 16.4 Å². The highest BCUT2D eigenvalue weighted by Gasteiger charge is 2.38. The van der Waals surface area contributed by atoms with E-state index in [2.05, 4.69) is 0 Å². The van der Waals surface area contributed by atoms with Crippen LogP contribution in [0.5, 0.6) is 5.75 Å². The lowest BCUT2D eigenvalue weighted by atomic mass is 10.1. The van der Waals surface area contributed by atoms with E-state index in [4.69, 9.17) is 4.74 Å². The molecule has 118 valence electrons. The summed E-state index contributed by atoms with van der Waals surface area (Å²) in [5.74, 6) is 0.689. The van der Waals surface area contributed by atoms with Crippen molar-refractivity contribution in [3.8, 4) is 5.75 Å². The van der Waals surface area contributed by atoms with Crippen molar-refractivity contribution in [3.05, 3.63) is 23.8 Å². The van der Waals surface area contributed by atoms with Gasteiger partial charge in [0.25, 0.3) is 0 Å². The molecule has 1 N–H and O–H groups in total. The fourth-order valence-electron chi connectivity index (χ4n) is 2.62. The van der Waals surface area contributed by atoms with Gasteiger partial charge >= 0.3 is 0 Å². The van der Waals surface area contributed by atoms with Gasteiger partial charge in [0.1, 0.15) is 5.75 Å². The van der Waals surface area contributed by atoms with Crippen LogP contribution < -0.4 is 4.74 Å². The normalized spacial score (nSPS) is 24.4. The molecule has 0 aromatic heterocycles. The number of nitrogens with zero attached hydrogens (tertiary/aromatic N) is 1. The SMILES string of the molecule is COc1cc(CN(C)[C@@H]2CS(=O)(=O)C[C@H]2O)ccc1SC. The zero-order valence-electron chi connectivity index (χ0n) is 12.4. The Morgan fingerprint density at radius 2 is 2.14 bits per heavy atom. The molecule has 0 bridgehead atoms. The van der Waals surface area contributed by atoms with Crippen molar-refractivity contribution in [2.24, 2.45) is 0 Å². The highest BCUT2D eigenvalue weighted by molar-refractivity contribution is 7.98. The minimum Gasteiger partial charge on any atom is -0.496 e. The number of sulfone groups is 1. The second kappa shape index (κ2) is 6.56. The summed E-state index contributed by atoms with van der Waals surface area (Å²) in [6.45, 7) is 0.572. The van der Waals surface area contributed by atoms with Gasteiger partial charge in [-0.05, 0) is 31.0 Å². The minimum absolute atomic E-state index is 0.0185. The van der Waals surface area contributed by atoms with E-state index < -0.39 is 15.9 Å². The van der Waals surface area contributed by atoms with E-state index in [0.29, 0.717) is 6.54 Å². The van der Waals surface area contributed by atoms with Crippen molar-refractivity contribution in [2.75, 3.05) is 31.9 Å². The van der Waals surface area contributed by atoms with Gasteiger partial charge in [-0.15, -0.1) is 11.8 Å². The fourth-order valence-corrected chi connectivity index (χ4v) is 5.04. The third-order valence-corrected chi connectivity index (χ3v) is 6.22. The molecule has 0 aliphatic carbocycles. The Morgan fingerprint density at radius 1 is 1.43 bits per heavy atom. The van der Waals surface area contributed by atoms with Crippen LogP contribution in [0.25, 0.3) is 0 Å². The van der Waals surface area contributed by atoms with E-state index in [1.807, 2.05) is 36.4 Å². The van der Waals surface area contributed by atoms with Crippen LogP contribution >= 0.6 is 11.8 Å². The van der Waals surface area contributed by atoms with E-state index in [0.717, 1.165) is 16.2 Å². The van der Waals surface area contributed by atoms with Gasteiger partial charge in [-0.2, -0.15) is 0 Å². The molecule has 0 unspecified atom stereocenters. The van der Waals surface area contributed by atoms with Crippen molar-refractivity contribution in [2.45, 2.75) is 23.6 Å². The molecule has 0 saturated carbocycles. The van der Waals surface area contributed by atoms with E-state index >= 15 is 0 Å².